The summed E-state index contributed by atoms with van der Waals surface area (Å²) < 4.78 is 13.2. The third kappa shape index (κ3) is 2.53. The molecule has 18 heavy (non-hydrogen) atoms. The molecule has 98 valence electrons. The van der Waals surface area contributed by atoms with Gasteiger partial charge in [-0.2, -0.15) is 0 Å². The highest BCUT2D eigenvalue weighted by molar-refractivity contribution is 5.95. The van der Waals surface area contributed by atoms with Gasteiger partial charge >= 0.3 is 0 Å². The fourth-order valence-electron chi connectivity index (χ4n) is 2.45. The molecule has 0 spiro atoms. The third-order valence-corrected chi connectivity index (χ3v) is 3.54. The molecule has 1 aromatic carbocycles. The predicted octanol–water partition coefficient (Wildman–Crippen LogP) is 2.03. The Labute approximate surface area is 107 Å². The standard InChI is InChI=1S/C14H19FN2O/c1-3-17(12-6-4-5-11(15)7-12)14(18)13-9-16-8-10(13)2/h4-7,10,13,16H,3,8-9H2,1-2H3. The van der Waals surface area contributed by atoms with Gasteiger partial charge in [0.05, 0.1) is 5.92 Å². The van der Waals surface area contributed by atoms with Crippen molar-refractivity contribution < 1.29 is 9.18 Å². The Bertz CT molecular complexity index is 436. The highest BCUT2D eigenvalue weighted by atomic mass is 19.1. The first-order valence-corrected chi connectivity index (χ1v) is 6.41. The van der Waals surface area contributed by atoms with Crippen molar-refractivity contribution in [2.75, 3.05) is 24.5 Å². The molecule has 0 aliphatic carbocycles. The van der Waals surface area contributed by atoms with Gasteiger partial charge in [0.15, 0.2) is 0 Å². The van der Waals surface area contributed by atoms with Crippen LogP contribution < -0.4 is 10.2 Å². The van der Waals surface area contributed by atoms with Gasteiger partial charge in [-0.15, -0.1) is 0 Å². The van der Waals surface area contributed by atoms with Gasteiger partial charge in [-0.25, -0.2) is 4.39 Å². The number of nitrogens with zero attached hydrogens (tertiary/aromatic N) is 1. The molecule has 2 atom stereocenters. The van der Waals surface area contributed by atoms with Crippen molar-refractivity contribution >= 4 is 11.6 Å². The molecule has 2 rings (SSSR count). The molecule has 1 heterocycles. The summed E-state index contributed by atoms with van der Waals surface area (Å²) >= 11 is 0. The summed E-state index contributed by atoms with van der Waals surface area (Å²) in [5.41, 5.74) is 0.640. The minimum Gasteiger partial charge on any atom is -0.316 e. The monoisotopic (exact) mass is 250 g/mol. The van der Waals surface area contributed by atoms with Crippen LogP contribution in [0.5, 0.6) is 0 Å². The zero-order chi connectivity index (χ0) is 13.1. The molecule has 1 N–H and O–H groups in total. The molecule has 1 amide bonds. The lowest BCUT2D eigenvalue weighted by Crippen LogP contribution is -2.38. The smallest absolute Gasteiger partial charge is 0.231 e. The second kappa shape index (κ2) is 5.48. The maximum Gasteiger partial charge on any atom is 0.231 e. The van der Waals surface area contributed by atoms with E-state index in [4.69, 9.17) is 0 Å². The average molecular weight is 250 g/mol. The first-order chi connectivity index (χ1) is 8.63. The van der Waals surface area contributed by atoms with Gasteiger partial charge in [0.25, 0.3) is 0 Å². The number of carbonyl (C=O) groups is 1. The number of halogens is 1. The van der Waals surface area contributed by atoms with Crippen LogP contribution in [0.3, 0.4) is 0 Å². The normalized spacial score (nSPS) is 23.1. The van der Waals surface area contributed by atoms with Gasteiger partial charge in [-0.05, 0) is 37.6 Å². The van der Waals surface area contributed by atoms with E-state index >= 15 is 0 Å². The summed E-state index contributed by atoms with van der Waals surface area (Å²) in [5.74, 6) is 0.102. The Kier molecular flexibility index (Phi) is 3.97. The minimum absolute atomic E-state index is 0.00628. The summed E-state index contributed by atoms with van der Waals surface area (Å²) in [4.78, 5) is 14.1. The average Bonchev–Trinajstić information content (AvgIpc) is 2.76. The summed E-state index contributed by atoms with van der Waals surface area (Å²) in [6.07, 6.45) is 0. The fraction of sp³-hybridized carbons (Fsp3) is 0.500. The van der Waals surface area contributed by atoms with Crippen LogP contribution in [-0.4, -0.2) is 25.5 Å². The van der Waals surface area contributed by atoms with E-state index in [1.165, 1.54) is 12.1 Å². The first kappa shape index (κ1) is 13.0. The quantitative estimate of drug-likeness (QED) is 0.890. The maximum absolute atomic E-state index is 13.2. The van der Waals surface area contributed by atoms with Gasteiger partial charge in [0, 0.05) is 18.8 Å². The molecule has 1 saturated heterocycles. The number of nitrogens with one attached hydrogen (secondary N) is 1. The molecule has 0 saturated carbocycles. The van der Waals surface area contributed by atoms with E-state index in [2.05, 4.69) is 12.2 Å². The molecule has 1 aromatic rings. The third-order valence-electron chi connectivity index (χ3n) is 3.54. The van der Waals surface area contributed by atoms with Crippen molar-refractivity contribution in [3.63, 3.8) is 0 Å². The van der Waals surface area contributed by atoms with E-state index in [0.717, 1.165) is 6.54 Å². The van der Waals surface area contributed by atoms with Gasteiger partial charge in [0.1, 0.15) is 5.82 Å². The van der Waals surface area contributed by atoms with Crippen LogP contribution in [0.15, 0.2) is 24.3 Å². The molecule has 0 bridgehead atoms. The van der Waals surface area contributed by atoms with Crippen LogP contribution in [0.4, 0.5) is 10.1 Å². The highest BCUT2D eigenvalue weighted by Gasteiger charge is 2.32. The molecule has 1 aliphatic rings. The topological polar surface area (TPSA) is 32.3 Å². The lowest BCUT2D eigenvalue weighted by atomic mass is 9.96. The SMILES string of the molecule is CCN(C(=O)C1CNCC1C)c1cccc(F)c1. The van der Waals surface area contributed by atoms with Crippen LogP contribution in [0, 0.1) is 17.7 Å². The first-order valence-electron chi connectivity index (χ1n) is 6.41. The van der Waals surface area contributed by atoms with Crippen LogP contribution >= 0.6 is 0 Å². The van der Waals surface area contributed by atoms with Crippen LogP contribution in [0.25, 0.3) is 0 Å². The summed E-state index contributed by atoms with van der Waals surface area (Å²) in [6, 6.07) is 6.21. The van der Waals surface area contributed by atoms with Crippen molar-refractivity contribution in [1.29, 1.82) is 0 Å². The van der Waals surface area contributed by atoms with Crippen molar-refractivity contribution in [2.24, 2.45) is 11.8 Å². The molecular weight excluding hydrogens is 231 g/mol. The van der Waals surface area contributed by atoms with E-state index in [-0.39, 0.29) is 17.6 Å². The second-order valence-electron chi connectivity index (χ2n) is 4.80. The summed E-state index contributed by atoms with van der Waals surface area (Å²) in [6.45, 7) is 6.13. The number of benzene rings is 1. The van der Waals surface area contributed by atoms with E-state index < -0.39 is 0 Å². The number of hydrogen-bond donors (Lipinski definition) is 1. The number of rotatable bonds is 3. The fourth-order valence-corrected chi connectivity index (χ4v) is 2.45. The molecule has 0 radical (unpaired) electrons. The van der Waals surface area contributed by atoms with Crippen molar-refractivity contribution in [1.82, 2.24) is 5.32 Å². The Morgan fingerprint density at radius 3 is 2.83 bits per heavy atom. The molecule has 2 unspecified atom stereocenters. The van der Waals surface area contributed by atoms with Gasteiger partial charge in [-0.1, -0.05) is 13.0 Å². The van der Waals surface area contributed by atoms with Gasteiger partial charge in [0.2, 0.25) is 5.91 Å². The molecule has 4 heteroatoms. The predicted molar refractivity (Wildman–Crippen MR) is 70.0 cm³/mol. The number of amides is 1. The molecule has 1 aliphatic heterocycles. The second-order valence-corrected chi connectivity index (χ2v) is 4.80. The van der Waals surface area contributed by atoms with Crippen LogP contribution in [0.1, 0.15) is 13.8 Å². The zero-order valence-corrected chi connectivity index (χ0v) is 10.8. The van der Waals surface area contributed by atoms with Crippen molar-refractivity contribution in [3.05, 3.63) is 30.1 Å². The molecular formula is C14H19FN2O. The zero-order valence-electron chi connectivity index (χ0n) is 10.8. The lowest BCUT2D eigenvalue weighted by molar-refractivity contribution is -0.122. The summed E-state index contributed by atoms with van der Waals surface area (Å²) in [5, 5.41) is 3.22. The van der Waals surface area contributed by atoms with E-state index in [0.29, 0.717) is 24.7 Å². The molecule has 0 aromatic heterocycles. The van der Waals surface area contributed by atoms with Gasteiger partial charge in [-0.3, -0.25) is 4.79 Å². The number of anilines is 1. The van der Waals surface area contributed by atoms with Crippen LogP contribution in [0.2, 0.25) is 0 Å². The Balaban J connectivity index is 2.20. The summed E-state index contributed by atoms with van der Waals surface area (Å²) in [7, 11) is 0. The van der Waals surface area contributed by atoms with E-state index in [9.17, 15) is 9.18 Å². The van der Waals surface area contributed by atoms with E-state index in [1.54, 1.807) is 17.0 Å². The Hall–Kier alpha value is -1.42. The highest BCUT2D eigenvalue weighted by Crippen LogP contribution is 2.23. The van der Waals surface area contributed by atoms with Gasteiger partial charge < -0.3 is 10.2 Å². The van der Waals surface area contributed by atoms with Crippen molar-refractivity contribution in [2.45, 2.75) is 13.8 Å². The maximum atomic E-state index is 13.2. The lowest BCUT2D eigenvalue weighted by Gasteiger charge is -2.25. The van der Waals surface area contributed by atoms with Crippen molar-refractivity contribution in [3.8, 4) is 0 Å². The largest absolute Gasteiger partial charge is 0.316 e. The molecule has 1 fully saturated rings. The minimum atomic E-state index is -0.309. The Morgan fingerprint density at radius 1 is 1.50 bits per heavy atom. The number of hydrogen-bond acceptors (Lipinski definition) is 2. The molecule has 3 nitrogen and oxygen atoms in total. The Morgan fingerprint density at radius 2 is 2.28 bits per heavy atom. The van der Waals surface area contributed by atoms with E-state index in [1.807, 2.05) is 6.92 Å². The number of carbonyl (C=O) groups excluding carboxylic acids is 1. The van der Waals surface area contributed by atoms with Crippen LogP contribution in [-0.2, 0) is 4.79 Å².